The molecule has 30 heavy (non-hydrogen) atoms. The molecule has 0 saturated carbocycles. The number of rotatable bonds is 8. The van der Waals surface area contributed by atoms with Gasteiger partial charge in [-0.2, -0.15) is 0 Å². The zero-order valence-electron chi connectivity index (χ0n) is 17.3. The SMILES string of the molecule is CC(C)Oc1ccc(N(CC(=O)NCc2cccc3ccccc23)S(C)(=O)=O)cc1. The van der Waals surface area contributed by atoms with Crippen molar-refractivity contribution in [1.82, 2.24) is 5.32 Å². The fraction of sp³-hybridized carbons (Fsp3) is 0.261. The Balaban J connectivity index is 1.71. The molecule has 0 atom stereocenters. The van der Waals surface area contributed by atoms with Crippen molar-refractivity contribution < 1.29 is 17.9 Å². The van der Waals surface area contributed by atoms with Crippen molar-refractivity contribution in [2.45, 2.75) is 26.5 Å². The lowest BCUT2D eigenvalue weighted by Gasteiger charge is -2.22. The Labute approximate surface area is 177 Å². The van der Waals surface area contributed by atoms with Gasteiger partial charge in [-0.3, -0.25) is 9.10 Å². The summed E-state index contributed by atoms with van der Waals surface area (Å²) in [5.74, 6) is 0.262. The summed E-state index contributed by atoms with van der Waals surface area (Å²) in [4.78, 5) is 12.6. The number of amides is 1. The van der Waals surface area contributed by atoms with Crippen LogP contribution in [0.15, 0.2) is 66.7 Å². The van der Waals surface area contributed by atoms with E-state index in [0.717, 1.165) is 26.9 Å². The molecule has 0 aromatic heterocycles. The van der Waals surface area contributed by atoms with Gasteiger partial charge in [-0.1, -0.05) is 42.5 Å². The number of nitrogens with zero attached hydrogens (tertiary/aromatic N) is 1. The molecule has 6 nitrogen and oxygen atoms in total. The van der Waals surface area contributed by atoms with E-state index in [-0.39, 0.29) is 18.6 Å². The van der Waals surface area contributed by atoms with E-state index < -0.39 is 10.0 Å². The Hall–Kier alpha value is -3.06. The number of fused-ring (bicyclic) bond motifs is 1. The lowest BCUT2D eigenvalue weighted by Crippen LogP contribution is -2.40. The summed E-state index contributed by atoms with van der Waals surface area (Å²) in [5.41, 5.74) is 1.39. The first kappa shape index (κ1) is 21.6. The maximum absolute atomic E-state index is 12.6. The molecule has 0 radical (unpaired) electrons. The number of sulfonamides is 1. The Morgan fingerprint density at radius 1 is 1.00 bits per heavy atom. The van der Waals surface area contributed by atoms with Crippen LogP contribution < -0.4 is 14.4 Å². The topological polar surface area (TPSA) is 75.7 Å². The molecular formula is C23H26N2O4S. The Morgan fingerprint density at radius 3 is 2.33 bits per heavy atom. The van der Waals surface area contributed by atoms with E-state index in [1.807, 2.05) is 56.3 Å². The van der Waals surface area contributed by atoms with Crippen molar-refractivity contribution in [1.29, 1.82) is 0 Å². The van der Waals surface area contributed by atoms with Gasteiger partial charge in [0.25, 0.3) is 0 Å². The van der Waals surface area contributed by atoms with Crippen LogP contribution in [0.3, 0.4) is 0 Å². The second kappa shape index (κ2) is 9.17. The molecule has 0 aliphatic carbocycles. The molecule has 158 valence electrons. The molecule has 0 aliphatic heterocycles. The number of anilines is 1. The smallest absolute Gasteiger partial charge is 0.241 e. The Morgan fingerprint density at radius 2 is 1.67 bits per heavy atom. The van der Waals surface area contributed by atoms with Crippen LogP contribution in [0.2, 0.25) is 0 Å². The normalized spacial score (nSPS) is 11.5. The third-order valence-corrected chi connectivity index (χ3v) is 5.68. The molecule has 0 heterocycles. The summed E-state index contributed by atoms with van der Waals surface area (Å²) >= 11 is 0. The molecule has 0 spiro atoms. The van der Waals surface area contributed by atoms with E-state index in [0.29, 0.717) is 18.0 Å². The van der Waals surface area contributed by atoms with E-state index in [1.165, 1.54) is 0 Å². The molecule has 0 unspecified atom stereocenters. The van der Waals surface area contributed by atoms with Crippen LogP contribution in [0.5, 0.6) is 5.75 Å². The monoisotopic (exact) mass is 426 g/mol. The van der Waals surface area contributed by atoms with Crippen molar-refractivity contribution in [3.8, 4) is 5.75 Å². The predicted molar refractivity (Wildman–Crippen MR) is 120 cm³/mol. The largest absolute Gasteiger partial charge is 0.491 e. The van der Waals surface area contributed by atoms with E-state index in [2.05, 4.69) is 5.32 Å². The summed E-state index contributed by atoms with van der Waals surface area (Å²) in [6, 6.07) is 20.5. The Bertz CT molecular complexity index is 1120. The van der Waals surface area contributed by atoms with Crippen LogP contribution in [0.25, 0.3) is 10.8 Å². The van der Waals surface area contributed by atoms with Crippen LogP contribution >= 0.6 is 0 Å². The van der Waals surface area contributed by atoms with Crippen molar-refractivity contribution in [2.75, 3.05) is 17.1 Å². The van der Waals surface area contributed by atoms with E-state index in [9.17, 15) is 13.2 Å². The highest BCUT2D eigenvalue weighted by atomic mass is 32.2. The number of benzene rings is 3. The van der Waals surface area contributed by atoms with Crippen LogP contribution in [0.4, 0.5) is 5.69 Å². The molecule has 0 aliphatic rings. The molecule has 7 heteroatoms. The average molecular weight is 427 g/mol. The van der Waals surface area contributed by atoms with Crippen molar-refractivity contribution in [3.05, 3.63) is 72.3 Å². The number of hydrogen-bond acceptors (Lipinski definition) is 4. The first-order valence-electron chi connectivity index (χ1n) is 9.72. The van der Waals surface area contributed by atoms with Crippen LogP contribution in [0.1, 0.15) is 19.4 Å². The van der Waals surface area contributed by atoms with E-state index >= 15 is 0 Å². The molecule has 3 aromatic carbocycles. The summed E-state index contributed by atoms with van der Waals surface area (Å²) in [5, 5.41) is 4.98. The van der Waals surface area contributed by atoms with E-state index in [4.69, 9.17) is 4.74 Å². The number of hydrogen-bond donors (Lipinski definition) is 1. The maximum Gasteiger partial charge on any atom is 0.241 e. The highest BCUT2D eigenvalue weighted by Crippen LogP contribution is 2.22. The minimum absolute atomic E-state index is 0.0155. The van der Waals surface area contributed by atoms with Gasteiger partial charge >= 0.3 is 0 Å². The summed E-state index contributed by atoms with van der Waals surface area (Å²) in [6.45, 7) is 3.85. The second-order valence-corrected chi connectivity index (χ2v) is 9.25. The summed E-state index contributed by atoms with van der Waals surface area (Å²) in [7, 11) is -3.63. The molecule has 1 amide bonds. The van der Waals surface area contributed by atoms with Gasteiger partial charge in [0.1, 0.15) is 12.3 Å². The van der Waals surface area contributed by atoms with Gasteiger partial charge in [0.15, 0.2) is 0 Å². The van der Waals surface area contributed by atoms with Gasteiger partial charge < -0.3 is 10.1 Å². The van der Waals surface area contributed by atoms with Crippen molar-refractivity contribution in [3.63, 3.8) is 0 Å². The lowest BCUT2D eigenvalue weighted by atomic mass is 10.0. The first-order valence-corrected chi connectivity index (χ1v) is 11.6. The molecule has 1 N–H and O–H groups in total. The van der Waals surface area contributed by atoms with Crippen molar-refractivity contribution in [2.24, 2.45) is 0 Å². The zero-order chi connectivity index (χ0) is 21.7. The quantitative estimate of drug-likeness (QED) is 0.596. The van der Waals surface area contributed by atoms with Crippen molar-refractivity contribution >= 4 is 32.4 Å². The maximum atomic E-state index is 12.6. The van der Waals surface area contributed by atoms with Gasteiger partial charge in [-0.25, -0.2) is 8.42 Å². The van der Waals surface area contributed by atoms with Gasteiger partial charge in [-0.15, -0.1) is 0 Å². The number of nitrogens with one attached hydrogen (secondary N) is 1. The highest BCUT2D eigenvalue weighted by molar-refractivity contribution is 7.92. The van der Waals surface area contributed by atoms with Gasteiger partial charge in [0, 0.05) is 6.54 Å². The standard InChI is InChI=1S/C23H26N2O4S/c1-17(2)29-21-13-11-20(12-14-21)25(30(3,27)28)16-23(26)24-15-19-9-6-8-18-7-4-5-10-22(18)19/h4-14,17H,15-16H2,1-3H3,(H,24,26). The van der Waals surface area contributed by atoms with Crippen LogP contribution in [-0.4, -0.2) is 33.2 Å². The fourth-order valence-corrected chi connectivity index (χ4v) is 4.05. The number of carbonyl (C=O) groups excluding carboxylic acids is 1. The summed E-state index contributed by atoms with van der Waals surface area (Å²) in [6.07, 6.45) is 1.10. The van der Waals surface area contributed by atoms with Crippen LogP contribution in [-0.2, 0) is 21.4 Å². The van der Waals surface area contributed by atoms with Gasteiger partial charge in [0.05, 0.1) is 18.0 Å². The second-order valence-electron chi connectivity index (χ2n) is 7.35. The minimum Gasteiger partial charge on any atom is -0.491 e. The molecule has 3 aromatic rings. The highest BCUT2D eigenvalue weighted by Gasteiger charge is 2.21. The van der Waals surface area contributed by atoms with E-state index in [1.54, 1.807) is 24.3 Å². The summed E-state index contributed by atoms with van der Waals surface area (Å²) < 4.78 is 31.3. The van der Waals surface area contributed by atoms with Gasteiger partial charge in [-0.05, 0) is 54.4 Å². The molecule has 0 saturated heterocycles. The predicted octanol–water partition coefficient (Wildman–Crippen LogP) is 3.71. The number of carbonyl (C=O) groups is 1. The molecular weight excluding hydrogens is 400 g/mol. The Kier molecular flexibility index (Phi) is 6.62. The zero-order valence-corrected chi connectivity index (χ0v) is 18.1. The molecule has 3 rings (SSSR count). The third-order valence-electron chi connectivity index (χ3n) is 4.54. The average Bonchev–Trinajstić information content (AvgIpc) is 2.70. The van der Waals surface area contributed by atoms with Gasteiger partial charge in [0.2, 0.25) is 15.9 Å². The van der Waals surface area contributed by atoms with Crippen LogP contribution in [0, 0.1) is 0 Å². The fourth-order valence-electron chi connectivity index (χ4n) is 3.19. The minimum atomic E-state index is -3.63. The molecule has 0 bridgehead atoms. The first-order chi connectivity index (χ1) is 14.2. The molecule has 0 fully saturated rings. The third kappa shape index (κ3) is 5.51. The number of ether oxygens (including phenoxy) is 1. The lowest BCUT2D eigenvalue weighted by molar-refractivity contribution is -0.119.